The molecule has 1 aromatic carbocycles. The van der Waals surface area contributed by atoms with Crippen molar-refractivity contribution in [3.05, 3.63) is 36.1 Å². The van der Waals surface area contributed by atoms with Crippen molar-refractivity contribution in [3.8, 4) is 16.2 Å². The van der Waals surface area contributed by atoms with Gasteiger partial charge in [-0.3, -0.25) is 9.69 Å². The normalized spacial score (nSPS) is 21.8. The maximum absolute atomic E-state index is 13.8. The molecule has 1 aliphatic heterocycles. The second kappa shape index (κ2) is 10.0. The van der Waals surface area contributed by atoms with E-state index < -0.39 is 6.16 Å². The minimum atomic E-state index is -1.43. The van der Waals surface area contributed by atoms with Crippen LogP contribution < -0.4 is 9.64 Å². The van der Waals surface area contributed by atoms with Gasteiger partial charge in [-0.25, -0.2) is 9.18 Å². The van der Waals surface area contributed by atoms with E-state index in [0.717, 1.165) is 36.1 Å². The van der Waals surface area contributed by atoms with Crippen LogP contribution in [0.2, 0.25) is 0 Å². The van der Waals surface area contributed by atoms with Crippen LogP contribution in [0.5, 0.6) is 5.75 Å². The molecule has 4 rings (SSSR count). The monoisotopic (exact) mass is 461 g/mol. The molecule has 2 aromatic rings. The summed E-state index contributed by atoms with van der Waals surface area (Å²) in [5.41, 5.74) is 0.740. The number of carbonyl (C=O) groups excluding carboxylic acids is 1. The predicted molar refractivity (Wildman–Crippen MR) is 121 cm³/mol. The molecule has 1 amide bonds. The third kappa shape index (κ3) is 5.13. The number of ether oxygens (including phenoxy) is 2. The smallest absolute Gasteiger partial charge is 0.449 e. The summed E-state index contributed by atoms with van der Waals surface area (Å²) in [5.74, 6) is 0.367. The van der Waals surface area contributed by atoms with Gasteiger partial charge in [-0.15, -0.1) is 11.3 Å². The first-order valence-corrected chi connectivity index (χ1v) is 12.0. The van der Waals surface area contributed by atoms with Crippen LogP contribution in [0.3, 0.4) is 0 Å². The average molecular weight is 462 g/mol. The van der Waals surface area contributed by atoms with Crippen molar-refractivity contribution in [1.82, 2.24) is 0 Å². The topological polar surface area (TPSA) is 76.1 Å². The van der Waals surface area contributed by atoms with Gasteiger partial charge in [0.1, 0.15) is 10.8 Å². The molecule has 1 N–H and O–H groups in total. The van der Waals surface area contributed by atoms with Crippen LogP contribution in [-0.2, 0) is 9.53 Å². The Morgan fingerprint density at radius 1 is 1.09 bits per heavy atom. The van der Waals surface area contributed by atoms with Crippen molar-refractivity contribution in [3.63, 3.8) is 0 Å². The Labute approximate surface area is 190 Å². The lowest BCUT2D eigenvalue weighted by molar-refractivity contribution is -0.124. The summed E-state index contributed by atoms with van der Waals surface area (Å²) in [6, 6.07) is 7.54. The van der Waals surface area contributed by atoms with Crippen LogP contribution in [-0.4, -0.2) is 36.4 Å². The number of anilines is 1. The summed E-state index contributed by atoms with van der Waals surface area (Å²) >= 11 is 1.31. The molecule has 1 saturated carbocycles. The fourth-order valence-corrected chi connectivity index (χ4v) is 5.72. The Kier molecular flexibility index (Phi) is 7.10. The Morgan fingerprint density at radius 2 is 1.75 bits per heavy atom. The summed E-state index contributed by atoms with van der Waals surface area (Å²) in [5, 5.41) is 9.83. The van der Waals surface area contributed by atoms with Crippen LogP contribution in [0, 0.1) is 17.7 Å². The van der Waals surface area contributed by atoms with Crippen LogP contribution in [0.4, 0.5) is 14.2 Å². The zero-order chi connectivity index (χ0) is 22.7. The number of thiophene rings is 1. The van der Waals surface area contributed by atoms with E-state index in [-0.39, 0.29) is 29.4 Å². The largest absolute Gasteiger partial charge is 0.511 e. The quantitative estimate of drug-likeness (QED) is 0.557. The molecule has 6 nitrogen and oxygen atoms in total. The number of rotatable bonds is 5. The van der Waals surface area contributed by atoms with Gasteiger partial charge in [0, 0.05) is 36.1 Å². The first-order valence-electron chi connectivity index (χ1n) is 11.1. The van der Waals surface area contributed by atoms with Gasteiger partial charge in [-0.2, -0.15) is 0 Å². The highest BCUT2D eigenvalue weighted by Crippen LogP contribution is 2.46. The number of nitrogens with zero attached hydrogens (tertiary/aromatic N) is 1. The number of halogens is 1. The van der Waals surface area contributed by atoms with Crippen molar-refractivity contribution in [2.45, 2.75) is 51.5 Å². The molecule has 8 heteroatoms. The van der Waals surface area contributed by atoms with E-state index in [1.54, 1.807) is 23.1 Å². The summed E-state index contributed by atoms with van der Waals surface area (Å²) in [6.07, 6.45) is 3.65. The fraction of sp³-hybridized carbons (Fsp3) is 0.500. The lowest BCUT2D eigenvalue weighted by Crippen LogP contribution is -2.46. The molecule has 1 aliphatic carbocycles. The van der Waals surface area contributed by atoms with Gasteiger partial charge in [0.05, 0.1) is 0 Å². The van der Waals surface area contributed by atoms with Crippen LogP contribution >= 0.6 is 11.3 Å². The Hall–Kier alpha value is -2.45. The average Bonchev–Trinajstić information content (AvgIpc) is 3.18. The number of carboxylic acid groups (broad SMARTS) is 1. The summed E-state index contributed by atoms with van der Waals surface area (Å²) < 4.78 is 24.0. The van der Waals surface area contributed by atoms with E-state index in [2.05, 4.69) is 6.92 Å². The molecule has 0 atom stereocenters. The van der Waals surface area contributed by atoms with Crippen molar-refractivity contribution in [2.75, 3.05) is 18.1 Å². The van der Waals surface area contributed by atoms with E-state index in [9.17, 15) is 19.1 Å². The first-order chi connectivity index (χ1) is 15.4. The van der Waals surface area contributed by atoms with Gasteiger partial charge in [0.15, 0.2) is 5.75 Å². The van der Waals surface area contributed by atoms with Crippen molar-refractivity contribution in [2.24, 2.45) is 11.8 Å². The first kappa shape index (κ1) is 22.7. The number of amides is 1. The predicted octanol–water partition coefficient (Wildman–Crippen LogP) is 5.95. The molecule has 2 heterocycles. The molecular formula is C24H28FNO5S. The van der Waals surface area contributed by atoms with Crippen LogP contribution in [0.25, 0.3) is 10.4 Å². The molecule has 0 bridgehead atoms. The highest BCUT2D eigenvalue weighted by Gasteiger charge is 2.36. The summed E-state index contributed by atoms with van der Waals surface area (Å²) in [7, 11) is 0. The fourth-order valence-electron chi connectivity index (χ4n) is 4.55. The van der Waals surface area contributed by atoms with Gasteiger partial charge < -0.3 is 14.6 Å². The summed E-state index contributed by atoms with van der Waals surface area (Å²) in [4.78, 5) is 27.7. The number of carbonyl (C=O) groups is 2. The van der Waals surface area contributed by atoms with Crippen molar-refractivity contribution in [1.29, 1.82) is 0 Å². The molecular weight excluding hydrogens is 433 g/mol. The Bertz CT molecular complexity index is 946. The Balaban J connectivity index is 1.73. The van der Waals surface area contributed by atoms with Gasteiger partial charge >= 0.3 is 6.16 Å². The van der Waals surface area contributed by atoms with E-state index in [1.165, 1.54) is 23.5 Å². The van der Waals surface area contributed by atoms with Crippen molar-refractivity contribution >= 4 is 28.4 Å². The second-order valence-corrected chi connectivity index (χ2v) is 9.69. The van der Waals surface area contributed by atoms with E-state index in [4.69, 9.17) is 9.47 Å². The molecule has 0 unspecified atom stereocenters. The molecule has 0 spiro atoms. The van der Waals surface area contributed by atoms with E-state index >= 15 is 0 Å². The van der Waals surface area contributed by atoms with Gasteiger partial charge in [0.2, 0.25) is 5.91 Å². The lowest BCUT2D eigenvalue weighted by atomic mass is 9.82. The lowest BCUT2D eigenvalue weighted by Gasteiger charge is -2.37. The van der Waals surface area contributed by atoms with E-state index in [1.807, 2.05) is 0 Å². The minimum absolute atomic E-state index is 0.0338. The zero-order valence-corrected chi connectivity index (χ0v) is 18.9. The zero-order valence-electron chi connectivity index (χ0n) is 18.1. The highest BCUT2D eigenvalue weighted by atomic mass is 32.1. The number of hydrogen-bond donors (Lipinski definition) is 1. The summed E-state index contributed by atoms with van der Waals surface area (Å²) in [6.45, 7) is 3.33. The number of hydrogen-bond acceptors (Lipinski definition) is 5. The SMILES string of the molecule is C[C@H]1CC[C@H](C(=O)N(c2sc(-c3ccc(F)cc3)cc2OC(=O)O)C2CCOCC2)CC1. The van der Waals surface area contributed by atoms with Crippen LogP contribution in [0.15, 0.2) is 30.3 Å². The van der Waals surface area contributed by atoms with Gasteiger partial charge in [-0.1, -0.05) is 19.1 Å². The standard InChI is InChI=1S/C24H28FNO5S/c1-15-2-4-17(5-3-15)22(27)26(19-10-12-30-13-11-19)23-20(31-24(28)29)14-21(32-23)16-6-8-18(25)9-7-16/h6-9,14-15,17,19H,2-5,10-13H2,1H3,(H,28,29)/t15-,17-. The maximum Gasteiger partial charge on any atom is 0.511 e. The molecule has 172 valence electrons. The Morgan fingerprint density at radius 3 is 2.38 bits per heavy atom. The number of benzene rings is 1. The molecule has 2 fully saturated rings. The van der Waals surface area contributed by atoms with E-state index in [0.29, 0.717) is 37.0 Å². The minimum Gasteiger partial charge on any atom is -0.449 e. The van der Waals surface area contributed by atoms with Gasteiger partial charge in [-0.05, 0) is 62.1 Å². The molecule has 1 saturated heterocycles. The highest BCUT2D eigenvalue weighted by molar-refractivity contribution is 7.20. The molecule has 2 aliphatic rings. The van der Waals surface area contributed by atoms with Crippen molar-refractivity contribution < 1.29 is 28.6 Å². The molecule has 32 heavy (non-hydrogen) atoms. The molecule has 1 aromatic heterocycles. The van der Waals surface area contributed by atoms with Crippen LogP contribution in [0.1, 0.15) is 45.4 Å². The maximum atomic E-state index is 13.8. The third-order valence-electron chi connectivity index (χ3n) is 6.38. The molecule has 0 radical (unpaired) electrons. The van der Waals surface area contributed by atoms with Gasteiger partial charge in [0.25, 0.3) is 0 Å². The second-order valence-electron chi connectivity index (χ2n) is 8.66. The third-order valence-corrected chi connectivity index (χ3v) is 7.55.